The molecule has 1 fully saturated rings. The molecule has 1 aromatic rings. The van der Waals surface area contributed by atoms with Crippen LogP contribution in [-0.2, 0) is 0 Å². The predicted octanol–water partition coefficient (Wildman–Crippen LogP) is 2.78. The molecule has 1 saturated heterocycles. The Morgan fingerprint density at radius 2 is 2.06 bits per heavy atom. The fourth-order valence-electron chi connectivity index (χ4n) is 2.46. The van der Waals surface area contributed by atoms with Crippen molar-refractivity contribution in [3.8, 4) is 0 Å². The van der Waals surface area contributed by atoms with Crippen LogP contribution in [-0.4, -0.2) is 31.6 Å². The van der Waals surface area contributed by atoms with E-state index in [1.807, 2.05) is 0 Å². The van der Waals surface area contributed by atoms with Gasteiger partial charge >= 0.3 is 0 Å². The van der Waals surface area contributed by atoms with Gasteiger partial charge < -0.3 is 5.32 Å². The monoisotopic (exact) mass is 232 g/mol. The van der Waals surface area contributed by atoms with E-state index in [0.717, 1.165) is 19.6 Å². The molecule has 17 heavy (non-hydrogen) atoms. The Morgan fingerprint density at radius 1 is 1.35 bits per heavy atom. The molecule has 2 atom stereocenters. The SMILES string of the molecule is CCC(C)c1ccc(C2CNCCN2C)cc1. The van der Waals surface area contributed by atoms with Gasteiger partial charge in [-0.05, 0) is 30.5 Å². The summed E-state index contributed by atoms with van der Waals surface area (Å²) in [6.07, 6.45) is 1.21. The van der Waals surface area contributed by atoms with Gasteiger partial charge in [0.1, 0.15) is 0 Å². The van der Waals surface area contributed by atoms with Gasteiger partial charge in [-0.3, -0.25) is 4.90 Å². The molecule has 1 aliphatic heterocycles. The third-order valence-corrected chi connectivity index (χ3v) is 4.01. The van der Waals surface area contributed by atoms with Gasteiger partial charge in [-0.2, -0.15) is 0 Å². The van der Waals surface area contributed by atoms with Crippen LogP contribution in [0.3, 0.4) is 0 Å². The number of hydrogen-bond donors (Lipinski definition) is 1. The van der Waals surface area contributed by atoms with E-state index in [1.54, 1.807) is 0 Å². The average Bonchev–Trinajstić information content (AvgIpc) is 2.39. The van der Waals surface area contributed by atoms with Crippen LogP contribution in [0.25, 0.3) is 0 Å². The Kier molecular flexibility index (Phi) is 4.19. The van der Waals surface area contributed by atoms with Gasteiger partial charge in [0, 0.05) is 25.7 Å². The van der Waals surface area contributed by atoms with Gasteiger partial charge in [0.15, 0.2) is 0 Å². The summed E-state index contributed by atoms with van der Waals surface area (Å²) < 4.78 is 0. The van der Waals surface area contributed by atoms with Crippen molar-refractivity contribution < 1.29 is 0 Å². The van der Waals surface area contributed by atoms with E-state index < -0.39 is 0 Å². The van der Waals surface area contributed by atoms with Gasteiger partial charge in [0.2, 0.25) is 0 Å². The molecule has 1 aliphatic rings. The number of likely N-dealkylation sites (N-methyl/N-ethyl adjacent to an activating group) is 1. The van der Waals surface area contributed by atoms with Crippen LogP contribution in [0, 0.1) is 0 Å². The fraction of sp³-hybridized carbons (Fsp3) is 0.600. The molecule has 0 radical (unpaired) electrons. The molecule has 0 amide bonds. The summed E-state index contributed by atoms with van der Waals surface area (Å²) in [6, 6.07) is 9.73. The molecule has 0 saturated carbocycles. The highest BCUT2D eigenvalue weighted by Crippen LogP contribution is 2.24. The van der Waals surface area contributed by atoms with Crippen molar-refractivity contribution in [2.75, 3.05) is 26.7 Å². The standard InChI is InChI=1S/C15H24N2/c1-4-12(2)13-5-7-14(8-6-13)15-11-16-9-10-17(15)3/h5-8,12,15-16H,4,9-11H2,1-3H3. The largest absolute Gasteiger partial charge is 0.314 e. The maximum Gasteiger partial charge on any atom is 0.0470 e. The van der Waals surface area contributed by atoms with Crippen LogP contribution in [0.15, 0.2) is 24.3 Å². The van der Waals surface area contributed by atoms with Crippen LogP contribution in [0.4, 0.5) is 0 Å². The van der Waals surface area contributed by atoms with Crippen molar-refractivity contribution in [2.45, 2.75) is 32.2 Å². The van der Waals surface area contributed by atoms with Crippen LogP contribution in [0.2, 0.25) is 0 Å². The molecule has 0 aromatic heterocycles. The normalized spacial score (nSPS) is 23.6. The summed E-state index contributed by atoms with van der Waals surface area (Å²) in [4.78, 5) is 2.44. The molecule has 1 N–H and O–H groups in total. The molecule has 2 heteroatoms. The summed E-state index contributed by atoms with van der Waals surface area (Å²) in [5.74, 6) is 0.672. The summed E-state index contributed by atoms with van der Waals surface area (Å²) in [5.41, 5.74) is 2.90. The van der Waals surface area contributed by atoms with Crippen LogP contribution in [0.5, 0.6) is 0 Å². The van der Waals surface area contributed by atoms with Crippen LogP contribution in [0.1, 0.15) is 43.4 Å². The van der Waals surface area contributed by atoms with E-state index in [-0.39, 0.29) is 0 Å². The molecular weight excluding hydrogens is 208 g/mol. The Balaban J connectivity index is 2.11. The minimum atomic E-state index is 0.537. The van der Waals surface area contributed by atoms with Crippen molar-refractivity contribution in [3.05, 3.63) is 35.4 Å². The van der Waals surface area contributed by atoms with E-state index in [1.165, 1.54) is 17.5 Å². The number of benzene rings is 1. The van der Waals surface area contributed by atoms with Crippen LogP contribution < -0.4 is 5.32 Å². The van der Waals surface area contributed by atoms with Crippen molar-refractivity contribution in [3.63, 3.8) is 0 Å². The Hall–Kier alpha value is -0.860. The molecule has 0 spiro atoms. The summed E-state index contributed by atoms with van der Waals surface area (Å²) in [6.45, 7) is 7.86. The smallest absolute Gasteiger partial charge is 0.0470 e. The number of rotatable bonds is 3. The Bertz CT molecular complexity index is 344. The first-order chi connectivity index (χ1) is 8.22. The summed E-state index contributed by atoms with van der Waals surface area (Å²) >= 11 is 0. The Labute approximate surface area is 105 Å². The lowest BCUT2D eigenvalue weighted by Gasteiger charge is -2.33. The first kappa shape index (κ1) is 12.6. The second kappa shape index (κ2) is 5.65. The third-order valence-electron chi connectivity index (χ3n) is 4.01. The highest BCUT2D eigenvalue weighted by molar-refractivity contribution is 5.27. The number of nitrogens with zero attached hydrogens (tertiary/aromatic N) is 1. The molecule has 94 valence electrons. The Morgan fingerprint density at radius 3 is 2.65 bits per heavy atom. The topological polar surface area (TPSA) is 15.3 Å². The molecule has 2 rings (SSSR count). The quantitative estimate of drug-likeness (QED) is 0.862. The lowest BCUT2D eigenvalue weighted by atomic mass is 9.95. The van der Waals surface area contributed by atoms with Gasteiger partial charge in [-0.1, -0.05) is 38.1 Å². The van der Waals surface area contributed by atoms with E-state index in [0.29, 0.717) is 12.0 Å². The van der Waals surface area contributed by atoms with Gasteiger partial charge in [-0.25, -0.2) is 0 Å². The maximum absolute atomic E-state index is 3.47. The number of hydrogen-bond acceptors (Lipinski definition) is 2. The first-order valence-corrected chi connectivity index (χ1v) is 6.73. The van der Waals surface area contributed by atoms with E-state index in [4.69, 9.17) is 0 Å². The zero-order valence-electron chi connectivity index (χ0n) is 11.2. The maximum atomic E-state index is 3.47. The summed E-state index contributed by atoms with van der Waals surface area (Å²) in [7, 11) is 2.22. The minimum absolute atomic E-state index is 0.537. The number of piperazine rings is 1. The zero-order chi connectivity index (χ0) is 12.3. The average molecular weight is 232 g/mol. The van der Waals surface area contributed by atoms with Crippen molar-refractivity contribution in [1.82, 2.24) is 10.2 Å². The van der Waals surface area contributed by atoms with Crippen molar-refractivity contribution >= 4 is 0 Å². The van der Waals surface area contributed by atoms with E-state index in [9.17, 15) is 0 Å². The van der Waals surface area contributed by atoms with Gasteiger partial charge in [0.25, 0.3) is 0 Å². The van der Waals surface area contributed by atoms with Gasteiger partial charge in [0.05, 0.1) is 0 Å². The lowest BCUT2D eigenvalue weighted by molar-refractivity contribution is 0.202. The molecule has 2 nitrogen and oxygen atoms in total. The predicted molar refractivity (Wildman–Crippen MR) is 73.4 cm³/mol. The third kappa shape index (κ3) is 2.88. The molecule has 1 heterocycles. The molecule has 2 unspecified atom stereocenters. The molecule has 0 bridgehead atoms. The van der Waals surface area contributed by atoms with Crippen molar-refractivity contribution in [1.29, 1.82) is 0 Å². The highest BCUT2D eigenvalue weighted by Gasteiger charge is 2.20. The molecule has 0 aliphatic carbocycles. The second-order valence-electron chi connectivity index (χ2n) is 5.18. The fourth-order valence-corrected chi connectivity index (χ4v) is 2.46. The number of nitrogens with one attached hydrogen (secondary N) is 1. The van der Waals surface area contributed by atoms with Crippen LogP contribution >= 0.6 is 0 Å². The molecular formula is C15H24N2. The highest BCUT2D eigenvalue weighted by atomic mass is 15.2. The zero-order valence-corrected chi connectivity index (χ0v) is 11.2. The van der Waals surface area contributed by atoms with Crippen molar-refractivity contribution in [2.24, 2.45) is 0 Å². The second-order valence-corrected chi connectivity index (χ2v) is 5.18. The van der Waals surface area contributed by atoms with E-state index >= 15 is 0 Å². The molecule has 1 aromatic carbocycles. The van der Waals surface area contributed by atoms with Gasteiger partial charge in [-0.15, -0.1) is 0 Å². The minimum Gasteiger partial charge on any atom is -0.314 e. The lowest BCUT2D eigenvalue weighted by Crippen LogP contribution is -2.43. The first-order valence-electron chi connectivity index (χ1n) is 6.73. The summed E-state index contributed by atoms with van der Waals surface area (Å²) in [5, 5.41) is 3.47. The van der Waals surface area contributed by atoms with E-state index in [2.05, 4.69) is 55.4 Å².